The second kappa shape index (κ2) is 5.91. The Kier molecular flexibility index (Phi) is 4.50. The van der Waals surface area contributed by atoms with Crippen LogP contribution in [0.15, 0.2) is 18.2 Å². The molecule has 1 aromatic carbocycles. The largest absolute Gasteiger partial charge is 0.118 e. The van der Waals surface area contributed by atoms with Crippen molar-refractivity contribution >= 4 is 11.6 Å². The van der Waals surface area contributed by atoms with Crippen molar-refractivity contribution in [3.8, 4) is 0 Å². The first-order chi connectivity index (χ1) is 8.16. The van der Waals surface area contributed by atoms with Crippen LogP contribution >= 0.6 is 11.6 Å². The number of hydrogen-bond acceptors (Lipinski definition) is 0. The molecular formula is C16H23Cl. The van der Waals surface area contributed by atoms with Crippen LogP contribution in [-0.2, 0) is 0 Å². The maximum absolute atomic E-state index is 6.54. The Labute approximate surface area is 110 Å². The van der Waals surface area contributed by atoms with Gasteiger partial charge in [-0.2, -0.15) is 0 Å². The molecule has 0 radical (unpaired) electrons. The number of alkyl halides is 1. The topological polar surface area (TPSA) is 0 Å². The van der Waals surface area contributed by atoms with Crippen LogP contribution in [0.25, 0.3) is 0 Å². The maximum Gasteiger partial charge on any atom is 0.0587 e. The van der Waals surface area contributed by atoms with Crippen molar-refractivity contribution in [2.24, 2.45) is 5.92 Å². The van der Waals surface area contributed by atoms with Crippen molar-refractivity contribution in [3.63, 3.8) is 0 Å². The Bertz CT molecular complexity index is 364. The summed E-state index contributed by atoms with van der Waals surface area (Å²) < 4.78 is 0. The summed E-state index contributed by atoms with van der Waals surface area (Å²) in [6.07, 6.45) is 8.16. The molecule has 1 fully saturated rings. The summed E-state index contributed by atoms with van der Waals surface area (Å²) in [5, 5.41) is 0.205. The smallest absolute Gasteiger partial charge is 0.0587 e. The van der Waals surface area contributed by atoms with E-state index in [9.17, 15) is 0 Å². The molecular weight excluding hydrogens is 228 g/mol. The Morgan fingerprint density at radius 1 is 1.24 bits per heavy atom. The van der Waals surface area contributed by atoms with Gasteiger partial charge in [0.25, 0.3) is 0 Å². The fourth-order valence-electron chi connectivity index (χ4n) is 3.01. The van der Waals surface area contributed by atoms with Gasteiger partial charge >= 0.3 is 0 Å². The van der Waals surface area contributed by atoms with Crippen LogP contribution in [0.1, 0.15) is 60.6 Å². The highest BCUT2D eigenvalue weighted by molar-refractivity contribution is 6.20. The Balaban J connectivity index is 1.91. The molecule has 94 valence electrons. The molecule has 1 aliphatic carbocycles. The zero-order valence-corrected chi connectivity index (χ0v) is 11.8. The summed E-state index contributed by atoms with van der Waals surface area (Å²) in [5.41, 5.74) is 4.00. The normalized spacial score (nSPS) is 18.5. The van der Waals surface area contributed by atoms with E-state index in [1.54, 1.807) is 0 Å². The second-order valence-electron chi connectivity index (χ2n) is 5.56. The molecule has 0 heterocycles. The van der Waals surface area contributed by atoms with Gasteiger partial charge in [0.1, 0.15) is 0 Å². The molecule has 1 aromatic rings. The predicted molar refractivity (Wildman–Crippen MR) is 75.7 cm³/mol. The first-order valence-corrected chi connectivity index (χ1v) is 7.31. The molecule has 1 aliphatic rings. The van der Waals surface area contributed by atoms with E-state index in [1.165, 1.54) is 48.8 Å². The summed E-state index contributed by atoms with van der Waals surface area (Å²) in [4.78, 5) is 0. The van der Waals surface area contributed by atoms with Crippen LogP contribution < -0.4 is 0 Å². The van der Waals surface area contributed by atoms with Crippen molar-refractivity contribution in [3.05, 3.63) is 34.9 Å². The minimum atomic E-state index is 0.205. The predicted octanol–water partition coefficient (Wildman–Crippen LogP) is 5.55. The fourth-order valence-corrected chi connectivity index (χ4v) is 3.38. The maximum atomic E-state index is 6.54. The molecule has 0 aromatic heterocycles. The molecule has 0 saturated heterocycles. The Hall–Kier alpha value is -0.490. The van der Waals surface area contributed by atoms with Crippen molar-refractivity contribution in [2.45, 2.75) is 57.7 Å². The van der Waals surface area contributed by atoms with Gasteiger partial charge in [-0.15, -0.1) is 11.6 Å². The van der Waals surface area contributed by atoms with Crippen molar-refractivity contribution < 1.29 is 0 Å². The van der Waals surface area contributed by atoms with E-state index in [2.05, 4.69) is 32.0 Å². The second-order valence-corrected chi connectivity index (χ2v) is 6.08. The summed E-state index contributed by atoms with van der Waals surface area (Å²) in [6.45, 7) is 4.31. The Morgan fingerprint density at radius 2 is 1.94 bits per heavy atom. The van der Waals surface area contributed by atoms with E-state index in [1.807, 2.05) is 0 Å². The first kappa shape index (κ1) is 13.0. The quantitative estimate of drug-likeness (QED) is 0.615. The molecule has 1 heteroatoms. The summed E-state index contributed by atoms with van der Waals surface area (Å²) >= 11 is 6.54. The third-order valence-electron chi connectivity index (χ3n) is 4.07. The lowest BCUT2D eigenvalue weighted by Crippen LogP contribution is -1.99. The minimum Gasteiger partial charge on any atom is -0.118 e. The lowest BCUT2D eigenvalue weighted by atomic mass is 9.95. The molecule has 17 heavy (non-hydrogen) atoms. The molecule has 0 bridgehead atoms. The van der Waals surface area contributed by atoms with Gasteiger partial charge in [-0.3, -0.25) is 0 Å². The molecule has 0 aliphatic heterocycles. The zero-order chi connectivity index (χ0) is 12.3. The number of rotatable bonds is 4. The highest BCUT2D eigenvalue weighted by Crippen LogP contribution is 2.34. The molecule has 0 N–H and O–H groups in total. The van der Waals surface area contributed by atoms with E-state index >= 15 is 0 Å². The number of benzene rings is 1. The highest BCUT2D eigenvalue weighted by Gasteiger charge is 2.17. The van der Waals surface area contributed by atoms with E-state index in [0.29, 0.717) is 0 Å². The number of halogens is 1. The van der Waals surface area contributed by atoms with Crippen LogP contribution in [-0.4, -0.2) is 0 Å². The average molecular weight is 251 g/mol. The standard InChI is InChI=1S/C16H23Cl/c1-12-7-9-15(13(2)11-12)16(17)10-8-14-5-3-4-6-14/h7,9,11,14,16H,3-6,8,10H2,1-2H3. The third kappa shape index (κ3) is 3.48. The van der Waals surface area contributed by atoms with Crippen LogP contribution in [0, 0.1) is 19.8 Å². The summed E-state index contributed by atoms with van der Waals surface area (Å²) in [6, 6.07) is 6.62. The van der Waals surface area contributed by atoms with Gasteiger partial charge in [0.05, 0.1) is 5.38 Å². The molecule has 1 saturated carbocycles. The monoisotopic (exact) mass is 250 g/mol. The summed E-state index contributed by atoms with van der Waals surface area (Å²) in [7, 11) is 0. The van der Waals surface area contributed by atoms with E-state index in [4.69, 9.17) is 11.6 Å². The molecule has 1 atom stereocenters. The van der Waals surface area contributed by atoms with Gasteiger partial charge in [0, 0.05) is 0 Å². The number of hydrogen-bond donors (Lipinski definition) is 0. The first-order valence-electron chi connectivity index (χ1n) is 6.88. The lowest BCUT2D eigenvalue weighted by Gasteiger charge is -2.15. The van der Waals surface area contributed by atoms with E-state index in [0.717, 1.165) is 12.3 Å². The van der Waals surface area contributed by atoms with Crippen molar-refractivity contribution in [1.82, 2.24) is 0 Å². The zero-order valence-electron chi connectivity index (χ0n) is 11.0. The molecule has 0 amide bonds. The van der Waals surface area contributed by atoms with Gasteiger partial charge in [0.15, 0.2) is 0 Å². The van der Waals surface area contributed by atoms with Crippen molar-refractivity contribution in [1.29, 1.82) is 0 Å². The minimum absolute atomic E-state index is 0.205. The number of aryl methyl sites for hydroxylation is 2. The van der Waals surface area contributed by atoms with Crippen LogP contribution in [0.3, 0.4) is 0 Å². The van der Waals surface area contributed by atoms with Crippen molar-refractivity contribution in [2.75, 3.05) is 0 Å². The van der Waals surface area contributed by atoms with E-state index in [-0.39, 0.29) is 5.38 Å². The lowest BCUT2D eigenvalue weighted by molar-refractivity contribution is 0.479. The molecule has 0 nitrogen and oxygen atoms in total. The molecule has 2 rings (SSSR count). The average Bonchev–Trinajstić information content (AvgIpc) is 2.78. The van der Waals surface area contributed by atoms with Gasteiger partial charge in [0.2, 0.25) is 0 Å². The fraction of sp³-hybridized carbons (Fsp3) is 0.625. The van der Waals surface area contributed by atoms with Crippen LogP contribution in [0.4, 0.5) is 0 Å². The van der Waals surface area contributed by atoms with E-state index < -0.39 is 0 Å². The van der Waals surface area contributed by atoms with Crippen LogP contribution in [0.2, 0.25) is 0 Å². The summed E-state index contributed by atoms with van der Waals surface area (Å²) in [5.74, 6) is 0.946. The Morgan fingerprint density at radius 3 is 2.59 bits per heavy atom. The molecule has 1 unspecified atom stereocenters. The molecule has 0 spiro atoms. The van der Waals surface area contributed by atoms with Gasteiger partial charge < -0.3 is 0 Å². The van der Waals surface area contributed by atoms with Gasteiger partial charge in [-0.05, 0) is 43.7 Å². The highest BCUT2D eigenvalue weighted by atomic mass is 35.5. The SMILES string of the molecule is Cc1ccc(C(Cl)CCC2CCCC2)c(C)c1. The van der Waals surface area contributed by atoms with Gasteiger partial charge in [-0.1, -0.05) is 49.4 Å². The third-order valence-corrected chi connectivity index (χ3v) is 4.52. The van der Waals surface area contributed by atoms with Gasteiger partial charge in [-0.25, -0.2) is 0 Å². The van der Waals surface area contributed by atoms with Crippen LogP contribution in [0.5, 0.6) is 0 Å².